The van der Waals surface area contributed by atoms with E-state index < -0.39 is 11.4 Å². The molecule has 3 rings (SSSR count). The van der Waals surface area contributed by atoms with E-state index in [9.17, 15) is 14.4 Å². The number of nitrogens with one attached hydrogen (secondary N) is 1. The summed E-state index contributed by atoms with van der Waals surface area (Å²) in [6.07, 6.45) is 1.11. The van der Waals surface area contributed by atoms with Crippen LogP contribution in [0.5, 0.6) is 5.75 Å². The molecule has 2 heterocycles. The van der Waals surface area contributed by atoms with E-state index in [1.54, 1.807) is 24.3 Å². The van der Waals surface area contributed by atoms with Crippen molar-refractivity contribution < 1.29 is 18.7 Å². The molecule has 8 nitrogen and oxygen atoms in total. The number of nitrogens with zero attached hydrogens (tertiary/aromatic N) is 2. The normalized spacial score (nSPS) is 10.5. The molecule has 0 aliphatic carbocycles. The fraction of sp³-hybridized carbons (Fsp3) is 0.118. The zero-order valence-corrected chi connectivity index (χ0v) is 17.5. The molecule has 0 saturated heterocycles. The molecule has 1 amide bonds. The van der Waals surface area contributed by atoms with Gasteiger partial charge in [-0.2, -0.15) is 0 Å². The van der Waals surface area contributed by atoms with Gasteiger partial charge in [0.05, 0.1) is 11.3 Å². The number of thioether (sulfide) groups is 1. The van der Waals surface area contributed by atoms with Crippen molar-refractivity contribution in [1.82, 2.24) is 10.2 Å². The minimum Gasteiger partial charge on any atom is -0.464 e. The molecule has 0 fully saturated rings. The maximum Gasteiger partial charge on any atom is 0.343 e. The van der Waals surface area contributed by atoms with Gasteiger partial charge in [0.1, 0.15) is 12.0 Å². The third-order valence-electron chi connectivity index (χ3n) is 3.14. The molecule has 2 aromatic heterocycles. The summed E-state index contributed by atoms with van der Waals surface area (Å²) < 4.78 is 11.8. The second-order valence-corrected chi connectivity index (χ2v) is 8.43. The van der Waals surface area contributed by atoms with E-state index in [-0.39, 0.29) is 11.7 Å². The van der Waals surface area contributed by atoms with Gasteiger partial charge in [0, 0.05) is 17.5 Å². The third kappa shape index (κ3) is 5.50. The molecule has 11 heteroatoms. The average Bonchev–Trinajstić information content (AvgIpc) is 3.08. The molecule has 0 bridgehead atoms. The lowest BCUT2D eigenvalue weighted by atomic mass is 10.2. The lowest BCUT2D eigenvalue weighted by Crippen LogP contribution is -2.14. The Kier molecular flexibility index (Phi) is 6.60. The first-order chi connectivity index (χ1) is 13.4. The monoisotopic (exact) mass is 481 g/mol. The van der Waals surface area contributed by atoms with Crippen molar-refractivity contribution >= 4 is 56.0 Å². The van der Waals surface area contributed by atoms with Crippen LogP contribution in [0.1, 0.15) is 23.0 Å². The van der Waals surface area contributed by atoms with Crippen molar-refractivity contribution in [3.05, 3.63) is 62.6 Å². The van der Waals surface area contributed by atoms with E-state index in [0.717, 1.165) is 10.7 Å². The van der Waals surface area contributed by atoms with Crippen LogP contribution in [0.15, 0.2) is 54.6 Å². The quantitative estimate of drug-likeness (QED) is 0.322. The number of carbonyl (C=O) groups excluding carboxylic acids is 2. The Morgan fingerprint density at radius 1 is 1.32 bits per heavy atom. The number of hydrogen-bond donors (Lipinski definition) is 1. The molecule has 0 saturated carbocycles. The molecule has 28 heavy (non-hydrogen) atoms. The van der Waals surface area contributed by atoms with Gasteiger partial charge >= 0.3 is 5.97 Å². The van der Waals surface area contributed by atoms with E-state index in [0.29, 0.717) is 26.5 Å². The lowest BCUT2D eigenvalue weighted by Gasteiger charge is -2.04. The van der Waals surface area contributed by atoms with Gasteiger partial charge in [0.25, 0.3) is 0 Å². The highest BCUT2D eigenvalue weighted by atomic mass is 79.9. The summed E-state index contributed by atoms with van der Waals surface area (Å²) >= 11 is 5.78. The molecule has 3 aromatic rings. The molecule has 0 radical (unpaired) electrons. The Labute approximate surface area is 175 Å². The second-order valence-electron chi connectivity index (χ2n) is 5.32. The molecule has 0 unspecified atom stereocenters. The summed E-state index contributed by atoms with van der Waals surface area (Å²) in [5.41, 5.74) is -0.166. The number of esters is 1. The highest BCUT2D eigenvalue weighted by Crippen LogP contribution is 2.28. The number of anilines is 1. The molecule has 144 valence electrons. The van der Waals surface area contributed by atoms with E-state index in [4.69, 9.17) is 9.15 Å². The van der Waals surface area contributed by atoms with Gasteiger partial charge < -0.3 is 14.5 Å². The van der Waals surface area contributed by atoms with E-state index in [1.807, 2.05) is 0 Å². The summed E-state index contributed by atoms with van der Waals surface area (Å²) in [5.74, 6) is -0.373. The largest absolute Gasteiger partial charge is 0.464 e. The average molecular weight is 482 g/mol. The number of rotatable bonds is 6. The molecule has 0 atom stereocenters. The smallest absolute Gasteiger partial charge is 0.343 e. The van der Waals surface area contributed by atoms with Crippen molar-refractivity contribution in [2.24, 2.45) is 0 Å². The number of hydrogen-bond acceptors (Lipinski definition) is 9. The number of aromatic nitrogens is 2. The highest BCUT2D eigenvalue weighted by molar-refractivity contribution is 9.10. The van der Waals surface area contributed by atoms with Crippen LogP contribution in [0.2, 0.25) is 0 Å². The van der Waals surface area contributed by atoms with Gasteiger partial charge in [-0.15, -0.1) is 10.2 Å². The van der Waals surface area contributed by atoms with Gasteiger partial charge in [-0.3, -0.25) is 9.59 Å². The predicted molar refractivity (Wildman–Crippen MR) is 108 cm³/mol. The van der Waals surface area contributed by atoms with Crippen molar-refractivity contribution in [3.8, 4) is 5.75 Å². The van der Waals surface area contributed by atoms with Crippen LogP contribution in [-0.4, -0.2) is 22.1 Å². The summed E-state index contributed by atoms with van der Waals surface area (Å²) in [5, 5.41) is 10.7. The van der Waals surface area contributed by atoms with Crippen LogP contribution in [0.25, 0.3) is 0 Å². The van der Waals surface area contributed by atoms with Crippen molar-refractivity contribution in [3.63, 3.8) is 0 Å². The zero-order valence-electron chi connectivity index (χ0n) is 14.3. The lowest BCUT2D eigenvalue weighted by molar-refractivity contribution is -0.114. The van der Waals surface area contributed by atoms with Crippen molar-refractivity contribution in [2.45, 2.75) is 17.0 Å². The fourth-order valence-electron chi connectivity index (χ4n) is 1.96. The van der Waals surface area contributed by atoms with Crippen LogP contribution in [0.4, 0.5) is 5.13 Å². The van der Waals surface area contributed by atoms with Crippen molar-refractivity contribution in [2.75, 3.05) is 5.32 Å². The Hall–Kier alpha value is -2.50. The number of benzene rings is 1. The Balaban J connectivity index is 1.62. The Bertz CT molecular complexity index is 1080. The summed E-state index contributed by atoms with van der Waals surface area (Å²) in [4.78, 5) is 35.3. The van der Waals surface area contributed by atoms with Crippen LogP contribution in [-0.2, 0) is 10.5 Å². The summed E-state index contributed by atoms with van der Waals surface area (Å²) in [6, 6.07) is 7.89. The SMILES string of the molecule is CC(=O)Nc1nnc(SCc2cc(=O)c(OC(=O)c3cccc(Br)c3)co2)s1. The van der Waals surface area contributed by atoms with E-state index in [2.05, 4.69) is 31.4 Å². The summed E-state index contributed by atoms with van der Waals surface area (Å²) in [6.45, 7) is 1.38. The van der Waals surface area contributed by atoms with E-state index >= 15 is 0 Å². The number of amides is 1. The van der Waals surface area contributed by atoms with Crippen molar-refractivity contribution in [1.29, 1.82) is 0 Å². The molecule has 0 spiro atoms. The van der Waals surface area contributed by atoms with Gasteiger partial charge in [0.2, 0.25) is 22.2 Å². The zero-order chi connectivity index (χ0) is 20.1. The predicted octanol–water partition coefficient (Wildman–Crippen LogP) is 3.72. The Morgan fingerprint density at radius 2 is 2.14 bits per heavy atom. The fourth-order valence-corrected chi connectivity index (χ4v) is 4.05. The first-order valence-corrected chi connectivity index (χ1v) is 10.3. The molecular weight excluding hydrogens is 470 g/mol. The third-order valence-corrected chi connectivity index (χ3v) is 5.63. The van der Waals surface area contributed by atoms with Crippen LogP contribution < -0.4 is 15.5 Å². The number of halogens is 1. The molecule has 0 aliphatic rings. The molecule has 1 N–H and O–H groups in total. The molecule has 1 aromatic carbocycles. The van der Waals surface area contributed by atoms with E-state index in [1.165, 1.54) is 36.1 Å². The molecule has 0 aliphatic heterocycles. The maximum absolute atomic E-state index is 12.2. The number of ether oxygens (including phenoxy) is 1. The number of carbonyl (C=O) groups is 2. The van der Waals surface area contributed by atoms with Crippen LogP contribution in [0.3, 0.4) is 0 Å². The van der Waals surface area contributed by atoms with Gasteiger partial charge in [0.15, 0.2) is 4.34 Å². The minimum atomic E-state index is -0.657. The summed E-state index contributed by atoms with van der Waals surface area (Å²) in [7, 11) is 0. The Morgan fingerprint density at radius 3 is 2.86 bits per heavy atom. The molecular formula is C17H12BrN3O5S2. The topological polar surface area (TPSA) is 111 Å². The maximum atomic E-state index is 12.2. The van der Waals surface area contributed by atoms with Gasteiger partial charge in [-0.25, -0.2) is 4.79 Å². The highest BCUT2D eigenvalue weighted by Gasteiger charge is 2.13. The van der Waals surface area contributed by atoms with Crippen LogP contribution in [0, 0.1) is 0 Å². The van der Waals surface area contributed by atoms with Crippen LogP contribution >= 0.6 is 39.0 Å². The first kappa shape index (κ1) is 20.2. The first-order valence-electron chi connectivity index (χ1n) is 7.74. The minimum absolute atomic E-state index is 0.192. The van der Waals surface area contributed by atoms with Gasteiger partial charge in [-0.1, -0.05) is 45.1 Å². The second kappa shape index (κ2) is 9.13. The standard InChI is InChI=1S/C17H12BrN3O5S2/c1-9(22)19-16-20-21-17(28-16)27-8-12-6-13(23)14(7-25-12)26-15(24)10-3-2-4-11(18)5-10/h2-7H,8H2,1H3,(H,19,20,22). The van der Waals surface area contributed by atoms with Gasteiger partial charge in [-0.05, 0) is 18.2 Å².